The zero-order valence-corrected chi connectivity index (χ0v) is 34.8. The first-order valence-corrected chi connectivity index (χ1v) is 22.7. The zero-order valence-electron chi connectivity index (χ0n) is 34.8. The highest BCUT2D eigenvalue weighted by Gasteiger charge is 2.25. The van der Waals surface area contributed by atoms with Gasteiger partial charge in [-0.25, -0.2) is 0 Å². The van der Waals surface area contributed by atoms with Gasteiger partial charge in [0.15, 0.2) is 0 Å². The number of carbonyl (C=O) groups is 1. The zero-order chi connectivity index (χ0) is 36.4. The molecule has 0 heterocycles. The van der Waals surface area contributed by atoms with Gasteiger partial charge in [0.05, 0.1) is 26.2 Å². The van der Waals surface area contributed by atoms with Crippen molar-refractivity contribution >= 4 is 5.97 Å². The average Bonchev–Trinajstić information content (AvgIpc) is 3.09. The van der Waals surface area contributed by atoms with Gasteiger partial charge in [-0.05, 0) is 89.9 Å². The number of hydrogen-bond acceptors (Lipinski definition) is 2. The summed E-state index contributed by atoms with van der Waals surface area (Å²) < 4.78 is 1.47. The van der Waals surface area contributed by atoms with Crippen LogP contribution in [0, 0.1) is 0 Å². The molecule has 3 heteroatoms. The Bertz CT molecular complexity index is 583. The molecule has 0 N–H and O–H groups in total. The summed E-state index contributed by atoms with van der Waals surface area (Å²) in [6, 6.07) is 0. The highest BCUT2D eigenvalue weighted by molar-refractivity contribution is 5.64. The molecule has 0 aliphatic heterocycles. The van der Waals surface area contributed by atoms with Gasteiger partial charge < -0.3 is 14.4 Å². The molecule has 0 aliphatic carbocycles. The van der Waals surface area contributed by atoms with Crippen LogP contribution < -0.4 is 5.11 Å². The van der Waals surface area contributed by atoms with Crippen molar-refractivity contribution < 1.29 is 14.4 Å². The molecular weight excluding hydrogens is 599 g/mol. The van der Waals surface area contributed by atoms with Crippen LogP contribution in [-0.4, -0.2) is 36.6 Å². The van der Waals surface area contributed by atoms with Crippen molar-refractivity contribution in [3.05, 3.63) is 12.2 Å². The summed E-state index contributed by atoms with van der Waals surface area (Å²) in [5, 5.41) is 10.2. The highest BCUT2D eigenvalue weighted by atomic mass is 16.4. The Morgan fingerprint density at radius 3 is 0.898 bits per heavy atom. The second-order valence-electron chi connectivity index (χ2n) is 15.6. The van der Waals surface area contributed by atoms with Crippen molar-refractivity contribution in [1.82, 2.24) is 0 Å². The maximum Gasteiger partial charge on any atom is 0.0786 e. The summed E-state index contributed by atoms with van der Waals surface area (Å²) >= 11 is 0. The van der Waals surface area contributed by atoms with Gasteiger partial charge >= 0.3 is 0 Å². The van der Waals surface area contributed by atoms with Gasteiger partial charge in [-0.3, -0.25) is 0 Å². The van der Waals surface area contributed by atoms with Gasteiger partial charge in [0, 0.05) is 5.97 Å². The van der Waals surface area contributed by atoms with E-state index in [1.807, 2.05) is 0 Å². The fraction of sp³-hybridized carbons (Fsp3) is 0.935. The van der Waals surface area contributed by atoms with Crippen LogP contribution in [0.5, 0.6) is 0 Å². The molecule has 0 fully saturated rings. The van der Waals surface area contributed by atoms with Gasteiger partial charge in [-0.2, -0.15) is 0 Å². The van der Waals surface area contributed by atoms with Crippen LogP contribution in [0.1, 0.15) is 253 Å². The van der Waals surface area contributed by atoms with Crippen molar-refractivity contribution in [1.29, 1.82) is 0 Å². The summed E-state index contributed by atoms with van der Waals surface area (Å²) in [7, 11) is 0. The summed E-state index contributed by atoms with van der Waals surface area (Å²) in [5.41, 5.74) is 0. The molecule has 0 aromatic heterocycles. The van der Waals surface area contributed by atoms with E-state index in [9.17, 15) is 9.90 Å². The molecule has 294 valence electrons. The Balaban J connectivity index is 0. The van der Waals surface area contributed by atoms with E-state index in [-0.39, 0.29) is 6.42 Å². The monoisotopic (exact) mass is 692 g/mol. The molecule has 49 heavy (non-hydrogen) atoms. The first-order valence-electron chi connectivity index (χ1n) is 22.7. The van der Waals surface area contributed by atoms with Gasteiger partial charge in [0.2, 0.25) is 0 Å². The third-order valence-corrected chi connectivity index (χ3v) is 10.6. The maximum atomic E-state index is 10.2. The smallest absolute Gasteiger partial charge is 0.0786 e. The molecule has 0 atom stereocenters. The second-order valence-corrected chi connectivity index (χ2v) is 15.6. The number of rotatable bonds is 39. The average molecular weight is 692 g/mol. The summed E-state index contributed by atoms with van der Waals surface area (Å²) in [6.45, 7) is 17.5. The second kappa shape index (κ2) is 43.3. The fourth-order valence-electron chi connectivity index (χ4n) is 7.21. The maximum absolute atomic E-state index is 10.2. The van der Waals surface area contributed by atoms with Gasteiger partial charge in [0.1, 0.15) is 0 Å². The largest absolute Gasteiger partial charge is 0.550 e. The third-order valence-electron chi connectivity index (χ3n) is 10.6. The lowest BCUT2D eigenvalue weighted by molar-refractivity contribution is -0.929. The number of carboxylic acid groups (broad SMARTS) is 1. The quantitative estimate of drug-likeness (QED) is 0.0366. The van der Waals surface area contributed by atoms with Crippen LogP contribution in [-0.2, 0) is 4.79 Å². The Morgan fingerprint density at radius 1 is 0.367 bits per heavy atom. The molecule has 0 unspecified atom stereocenters. The minimum absolute atomic E-state index is 0.220. The summed E-state index contributed by atoms with van der Waals surface area (Å²) in [5.74, 6) is -0.914. The van der Waals surface area contributed by atoms with Crippen LogP contribution in [0.15, 0.2) is 12.2 Å². The molecule has 0 radical (unpaired) electrons. The number of hydrogen-bond donors (Lipinski definition) is 0. The van der Waals surface area contributed by atoms with E-state index in [0.717, 1.165) is 19.3 Å². The molecule has 0 saturated carbocycles. The minimum atomic E-state index is -0.914. The van der Waals surface area contributed by atoms with Crippen LogP contribution in [0.3, 0.4) is 0 Å². The van der Waals surface area contributed by atoms with Crippen LogP contribution in [0.2, 0.25) is 0 Å². The number of quaternary nitrogens is 1. The number of nitrogens with zero attached hydrogens (tertiary/aromatic N) is 1. The third kappa shape index (κ3) is 41.5. The lowest BCUT2D eigenvalue weighted by Crippen LogP contribution is -2.50. The number of unbranched alkanes of at least 4 members (excludes halogenated alkanes) is 27. The number of aliphatic carboxylic acids is 1. The SMILES string of the molecule is CCCCCCCC/C=C\CCCCCCCC(=O)[O-].CCCCCCC[N+](CCCCCCC)(CCCCCCC)CCCCCCC. The van der Waals surface area contributed by atoms with Gasteiger partial charge in [-0.1, -0.05) is 175 Å². The molecular formula is C46H93NO2. The van der Waals surface area contributed by atoms with E-state index in [1.165, 1.54) is 223 Å². The van der Waals surface area contributed by atoms with Gasteiger partial charge in [-0.15, -0.1) is 0 Å². The van der Waals surface area contributed by atoms with Crippen molar-refractivity contribution in [2.24, 2.45) is 0 Å². The van der Waals surface area contributed by atoms with Crippen LogP contribution in [0.25, 0.3) is 0 Å². The highest BCUT2D eigenvalue weighted by Crippen LogP contribution is 2.20. The van der Waals surface area contributed by atoms with E-state index in [2.05, 4.69) is 46.8 Å². The Kier molecular flexibility index (Phi) is 44.5. The predicted octanol–water partition coefficient (Wildman–Crippen LogP) is 14.5. The van der Waals surface area contributed by atoms with E-state index in [1.54, 1.807) is 0 Å². The predicted molar refractivity (Wildman–Crippen MR) is 219 cm³/mol. The first kappa shape index (κ1) is 50.3. The molecule has 0 amide bonds. The number of carboxylic acids is 1. The molecule has 0 spiro atoms. The van der Waals surface area contributed by atoms with Crippen molar-refractivity contribution in [3.63, 3.8) is 0 Å². The van der Waals surface area contributed by atoms with E-state index >= 15 is 0 Å². The van der Waals surface area contributed by atoms with Crippen molar-refractivity contribution in [2.45, 2.75) is 253 Å². The van der Waals surface area contributed by atoms with Crippen molar-refractivity contribution in [2.75, 3.05) is 26.2 Å². The topological polar surface area (TPSA) is 40.1 Å². The molecule has 0 saturated heterocycles. The standard InChI is InChI=1S/C28H60N.C18H34O2/c1-5-9-13-17-21-25-29(26-22-18-14-10-6-2,27-23-19-15-11-7-3)28-24-20-16-12-8-4;1-2-3-4-5-6-7-8-9-10-11-12-13-14-15-16-17-18(19)20/h5-28H2,1-4H3;9-10H,2-8,11-17H2,1H3,(H,19,20)/q+1;/p-1/b;10-9-. The normalized spacial score (nSPS) is 11.7. The number of allylic oxidation sites excluding steroid dienone is 2. The van der Waals surface area contributed by atoms with Gasteiger partial charge in [0.25, 0.3) is 0 Å². The molecule has 0 aliphatic rings. The Labute approximate surface area is 310 Å². The minimum Gasteiger partial charge on any atom is -0.550 e. The fourth-order valence-corrected chi connectivity index (χ4v) is 7.21. The lowest BCUT2D eigenvalue weighted by Gasteiger charge is -2.39. The van der Waals surface area contributed by atoms with E-state index in [4.69, 9.17) is 0 Å². The molecule has 0 aromatic rings. The molecule has 0 rings (SSSR count). The van der Waals surface area contributed by atoms with Crippen molar-refractivity contribution in [3.8, 4) is 0 Å². The Morgan fingerprint density at radius 2 is 0.612 bits per heavy atom. The van der Waals surface area contributed by atoms with Crippen LogP contribution in [0.4, 0.5) is 0 Å². The van der Waals surface area contributed by atoms with E-state index in [0.29, 0.717) is 0 Å². The molecule has 0 aromatic carbocycles. The molecule has 0 bridgehead atoms. The lowest BCUT2D eigenvalue weighted by atomic mass is 10.1. The summed E-state index contributed by atoms with van der Waals surface area (Å²) in [6.07, 6.45) is 49.7. The van der Waals surface area contributed by atoms with E-state index < -0.39 is 5.97 Å². The number of carbonyl (C=O) groups excluding carboxylic acids is 1. The Hall–Kier alpha value is -0.830. The summed E-state index contributed by atoms with van der Waals surface area (Å²) in [4.78, 5) is 10.2. The first-order chi connectivity index (χ1) is 24.0. The molecule has 3 nitrogen and oxygen atoms in total. The van der Waals surface area contributed by atoms with Crippen LogP contribution >= 0.6 is 0 Å².